The van der Waals surface area contributed by atoms with E-state index in [2.05, 4.69) is 5.32 Å². The fraction of sp³-hybridized carbons (Fsp3) is 0.538. The maximum atomic E-state index is 13.0. The van der Waals surface area contributed by atoms with Crippen molar-refractivity contribution in [1.29, 1.82) is 0 Å². The van der Waals surface area contributed by atoms with Gasteiger partial charge in [-0.25, -0.2) is 0 Å². The number of ether oxygens (including phenoxy) is 1. The first-order chi connectivity index (χ1) is 8.33. The van der Waals surface area contributed by atoms with Gasteiger partial charge in [0.1, 0.15) is 5.72 Å². The monoisotopic (exact) mass is 259 g/mol. The molecule has 2 atom stereocenters. The van der Waals surface area contributed by atoms with E-state index >= 15 is 0 Å². The molecule has 5 heteroatoms. The molecule has 1 heterocycles. The fourth-order valence-corrected chi connectivity index (χ4v) is 2.11. The minimum absolute atomic E-state index is 0.143. The van der Waals surface area contributed by atoms with E-state index in [1.165, 1.54) is 12.1 Å². The molecule has 1 aliphatic rings. The molecular formula is C13H16F3NO. The molecule has 2 unspecified atom stereocenters. The van der Waals surface area contributed by atoms with Gasteiger partial charge in [0.15, 0.2) is 0 Å². The van der Waals surface area contributed by atoms with Gasteiger partial charge in [0, 0.05) is 12.1 Å². The normalized spacial score (nSPS) is 29.3. The minimum atomic E-state index is -4.37. The molecule has 1 aliphatic heterocycles. The van der Waals surface area contributed by atoms with Crippen LogP contribution in [0.25, 0.3) is 0 Å². The molecule has 1 aromatic rings. The Morgan fingerprint density at radius 1 is 1.33 bits per heavy atom. The van der Waals surface area contributed by atoms with Crippen LogP contribution in [0.2, 0.25) is 0 Å². The molecule has 0 aliphatic carbocycles. The zero-order chi connectivity index (χ0) is 13.4. The van der Waals surface area contributed by atoms with E-state index in [1.807, 2.05) is 6.92 Å². The van der Waals surface area contributed by atoms with Gasteiger partial charge >= 0.3 is 6.18 Å². The first-order valence-electron chi connectivity index (χ1n) is 5.88. The average molecular weight is 259 g/mol. The largest absolute Gasteiger partial charge is 0.416 e. The lowest BCUT2D eigenvalue weighted by Crippen LogP contribution is -2.50. The highest BCUT2D eigenvalue weighted by atomic mass is 19.4. The van der Waals surface area contributed by atoms with Crippen molar-refractivity contribution in [3.63, 3.8) is 0 Å². The molecule has 0 saturated carbocycles. The Labute approximate surface area is 104 Å². The summed E-state index contributed by atoms with van der Waals surface area (Å²) in [4.78, 5) is 0. The Kier molecular flexibility index (Phi) is 3.38. The van der Waals surface area contributed by atoms with Gasteiger partial charge in [-0.15, -0.1) is 0 Å². The van der Waals surface area contributed by atoms with E-state index in [4.69, 9.17) is 4.74 Å². The lowest BCUT2D eigenvalue weighted by molar-refractivity contribution is -0.147. The maximum absolute atomic E-state index is 13.0. The summed E-state index contributed by atoms with van der Waals surface area (Å²) in [5, 5.41) is 3.05. The van der Waals surface area contributed by atoms with Crippen LogP contribution in [0.1, 0.15) is 25.0 Å². The second-order valence-electron chi connectivity index (χ2n) is 4.87. The summed E-state index contributed by atoms with van der Waals surface area (Å²) in [5.41, 5.74) is -1.57. The van der Waals surface area contributed by atoms with Crippen molar-refractivity contribution >= 4 is 0 Å². The molecule has 1 aromatic carbocycles. The Balaban J connectivity index is 2.39. The first kappa shape index (κ1) is 13.4. The molecule has 1 fully saturated rings. The van der Waals surface area contributed by atoms with Gasteiger partial charge < -0.3 is 4.74 Å². The van der Waals surface area contributed by atoms with E-state index in [9.17, 15) is 13.2 Å². The van der Waals surface area contributed by atoms with Crippen LogP contribution in [-0.2, 0) is 16.6 Å². The van der Waals surface area contributed by atoms with Gasteiger partial charge in [-0.2, -0.15) is 13.2 Å². The SMILES string of the molecule is CC1CNC(C)(c2ccccc2C(F)(F)F)OC1. The zero-order valence-corrected chi connectivity index (χ0v) is 10.3. The van der Waals surface area contributed by atoms with E-state index < -0.39 is 17.5 Å². The molecule has 1 saturated heterocycles. The van der Waals surface area contributed by atoms with Crippen LogP contribution in [0.4, 0.5) is 13.2 Å². The van der Waals surface area contributed by atoms with E-state index in [0.29, 0.717) is 19.1 Å². The van der Waals surface area contributed by atoms with Crippen molar-refractivity contribution in [3.8, 4) is 0 Å². The molecule has 0 bridgehead atoms. The lowest BCUT2D eigenvalue weighted by Gasteiger charge is -2.39. The maximum Gasteiger partial charge on any atom is 0.416 e. The number of halogens is 3. The van der Waals surface area contributed by atoms with E-state index in [1.54, 1.807) is 13.0 Å². The summed E-state index contributed by atoms with van der Waals surface area (Å²) in [6.45, 7) is 4.73. The average Bonchev–Trinajstić information content (AvgIpc) is 2.32. The summed E-state index contributed by atoms with van der Waals surface area (Å²) in [6, 6.07) is 5.54. The summed E-state index contributed by atoms with van der Waals surface area (Å²) in [5.74, 6) is 0.302. The van der Waals surface area contributed by atoms with E-state index in [-0.39, 0.29) is 5.56 Å². The summed E-state index contributed by atoms with van der Waals surface area (Å²) in [7, 11) is 0. The number of hydrogen-bond acceptors (Lipinski definition) is 2. The second kappa shape index (κ2) is 4.55. The van der Waals surface area contributed by atoms with Crippen molar-refractivity contribution in [3.05, 3.63) is 35.4 Å². The smallest absolute Gasteiger partial charge is 0.356 e. The van der Waals surface area contributed by atoms with Gasteiger partial charge in [-0.05, 0) is 18.9 Å². The van der Waals surface area contributed by atoms with Gasteiger partial charge in [-0.3, -0.25) is 5.32 Å². The molecule has 100 valence electrons. The van der Waals surface area contributed by atoms with Crippen LogP contribution in [0.15, 0.2) is 24.3 Å². The van der Waals surface area contributed by atoms with Crippen molar-refractivity contribution in [2.45, 2.75) is 25.7 Å². The van der Waals surface area contributed by atoms with Gasteiger partial charge in [-0.1, -0.05) is 25.1 Å². The fourth-order valence-electron chi connectivity index (χ4n) is 2.11. The van der Waals surface area contributed by atoms with Crippen LogP contribution in [0.3, 0.4) is 0 Å². The topological polar surface area (TPSA) is 21.3 Å². The van der Waals surface area contributed by atoms with Crippen molar-refractivity contribution in [1.82, 2.24) is 5.32 Å². The third-order valence-electron chi connectivity index (χ3n) is 3.19. The molecule has 0 amide bonds. The third kappa shape index (κ3) is 2.52. The Hall–Kier alpha value is -1.07. The van der Waals surface area contributed by atoms with Crippen molar-refractivity contribution in [2.75, 3.05) is 13.2 Å². The lowest BCUT2D eigenvalue weighted by atomic mass is 9.95. The summed E-state index contributed by atoms with van der Waals surface area (Å²) >= 11 is 0. The number of rotatable bonds is 1. The third-order valence-corrected chi connectivity index (χ3v) is 3.19. The highest BCUT2D eigenvalue weighted by Crippen LogP contribution is 2.38. The molecule has 2 nitrogen and oxygen atoms in total. The standard InChI is InChI=1S/C13H16F3NO/c1-9-7-17-12(2,18-8-9)10-5-3-4-6-11(10)13(14,15)16/h3-6,9,17H,7-8H2,1-2H3. The minimum Gasteiger partial charge on any atom is -0.356 e. The van der Waals surface area contributed by atoms with Gasteiger partial charge in [0.2, 0.25) is 0 Å². The highest BCUT2D eigenvalue weighted by molar-refractivity contribution is 5.34. The van der Waals surface area contributed by atoms with Crippen LogP contribution in [-0.4, -0.2) is 13.2 Å². The van der Waals surface area contributed by atoms with Crippen LogP contribution in [0.5, 0.6) is 0 Å². The van der Waals surface area contributed by atoms with E-state index in [0.717, 1.165) is 6.07 Å². The predicted octanol–water partition coefficient (Wildman–Crippen LogP) is 3.13. The van der Waals surface area contributed by atoms with Crippen LogP contribution < -0.4 is 5.32 Å². The Morgan fingerprint density at radius 3 is 2.56 bits per heavy atom. The molecule has 0 spiro atoms. The number of hydrogen-bond donors (Lipinski definition) is 1. The number of nitrogens with one attached hydrogen (secondary N) is 1. The quantitative estimate of drug-likeness (QED) is 0.836. The molecule has 18 heavy (non-hydrogen) atoms. The molecule has 1 N–H and O–H groups in total. The Bertz CT molecular complexity index is 422. The molecular weight excluding hydrogens is 243 g/mol. The zero-order valence-electron chi connectivity index (χ0n) is 10.3. The van der Waals surface area contributed by atoms with Crippen molar-refractivity contribution in [2.24, 2.45) is 5.92 Å². The van der Waals surface area contributed by atoms with Crippen molar-refractivity contribution < 1.29 is 17.9 Å². The molecule has 0 radical (unpaired) electrons. The van der Waals surface area contributed by atoms with Gasteiger partial charge in [0.05, 0.1) is 12.2 Å². The summed E-state index contributed by atoms with van der Waals surface area (Å²) < 4.78 is 44.5. The number of alkyl halides is 3. The first-order valence-corrected chi connectivity index (χ1v) is 5.88. The van der Waals surface area contributed by atoms with Crippen LogP contribution in [0, 0.1) is 5.92 Å². The van der Waals surface area contributed by atoms with Gasteiger partial charge in [0.25, 0.3) is 0 Å². The second-order valence-corrected chi connectivity index (χ2v) is 4.87. The number of benzene rings is 1. The molecule has 2 rings (SSSR count). The Morgan fingerprint density at radius 2 is 2.00 bits per heavy atom. The highest BCUT2D eigenvalue weighted by Gasteiger charge is 2.41. The summed E-state index contributed by atoms with van der Waals surface area (Å²) in [6.07, 6.45) is -4.37. The molecule has 0 aromatic heterocycles. The predicted molar refractivity (Wildman–Crippen MR) is 61.9 cm³/mol. The van der Waals surface area contributed by atoms with Crippen LogP contribution >= 0.6 is 0 Å².